The van der Waals surface area contributed by atoms with E-state index in [2.05, 4.69) is 4.90 Å². The van der Waals surface area contributed by atoms with E-state index in [1.165, 1.54) is 17.7 Å². The Labute approximate surface area is 169 Å². The molecular formula is C23H24FN3O2. The largest absolute Gasteiger partial charge is 0.481 e. The van der Waals surface area contributed by atoms with Crippen molar-refractivity contribution in [3.05, 3.63) is 71.7 Å². The summed E-state index contributed by atoms with van der Waals surface area (Å²) in [5.74, 6) is -1.04. The quantitative estimate of drug-likeness (QED) is 0.703. The zero-order valence-electron chi connectivity index (χ0n) is 16.6. The highest BCUT2D eigenvalue weighted by molar-refractivity contribution is 5.75. The molecule has 1 aromatic heterocycles. The number of benzene rings is 2. The van der Waals surface area contributed by atoms with Gasteiger partial charge < -0.3 is 5.11 Å². The van der Waals surface area contributed by atoms with Crippen molar-refractivity contribution in [1.29, 1.82) is 0 Å². The highest BCUT2D eigenvalue weighted by atomic mass is 19.1. The van der Waals surface area contributed by atoms with Crippen molar-refractivity contribution in [3.8, 4) is 16.9 Å². The molecule has 1 N–H and O–H groups in total. The van der Waals surface area contributed by atoms with Gasteiger partial charge in [-0.25, -0.2) is 9.07 Å². The van der Waals surface area contributed by atoms with E-state index in [1.54, 1.807) is 19.1 Å². The van der Waals surface area contributed by atoms with Crippen molar-refractivity contribution >= 4 is 5.97 Å². The van der Waals surface area contributed by atoms with Crippen molar-refractivity contribution in [2.24, 2.45) is 5.41 Å². The lowest BCUT2D eigenvalue weighted by Crippen LogP contribution is -2.31. The van der Waals surface area contributed by atoms with Crippen molar-refractivity contribution in [2.75, 3.05) is 13.1 Å². The number of aliphatic carboxylic acids is 1. The van der Waals surface area contributed by atoms with E-state index in [0.29, 0.717) is 19.5 Å². The Morgan fingerprint density at radius 2 is 1.86 bits per heavy atom. The van der Waals surface area contributed by atoms with Gasteiger partial charge >= 0.3 is 5.97 Å². The third-order valence-electron chi connectivity index (χ3n) is 5.67. The van der Waals surface area contributed by atoms with Crippen LogP contribution in [0.2, 0.25) is 0 Å². The molecule has 3 aromatic rings. The van der Waals surface area contributed by atoms with E-state index in [4.69, 9.17) is 5.10 Å². The highest BCUT2D eigenvalue weighted by Gasteiger charge is 2.40. The van der Waals surface area contributed by atoms with Gasteiger partial charge in [-0.2, -0.15) is 5.10 Å². The molecule has 0 aliphatic carbocycles. The maximum Gasteiger partial charge on any atom is 0.310 e. The fourth-order valence-corrected chi connectivity index (χ4v) is 3.81. The monoisotopic (exact) mass is 393 g/mol. The predicted molar refractivity (Wildman–Crippen MR) is 109 cm³/mol. The minimum Gasteiger partial charge on any atom is -0.481 e. The molecule has 0 spiro atoms. The minimum atomic E-state index is -0.755. The lowest BCUT2D eigenvalue weighted by molar-refractivity contribution is -0.147. The molecule has 5 nitrogen and oxygen atoms in total. The summed E-state index contributed by atoms with van der Waals surface area (Å²) in [7, 11) is 0. The average Bonchev–Trinajstić information content (AvgIpc) is 3.28. The third-order valence-corrected chi connectivity index (χ3v) is 5.67. The number of halogens is 1. The Morgan fingerprint density at radius 1 is 1.17 bits per heavy atom. The number of hydrogen-bond acceptors (Lipinski definition) is 3. The summed E-state index contributed by atoms with van der Waals surface area (Å²) in [6, 6.07) is 14.4. The summed E-state index contributed by atoms with van der Waals surface area (Å²) in [5.41, 5.74) is 4.02. The molecule has 2 aromatic carbocycles. The number of aryl methyl sites for hydroxylation is 1. The number of carboxylic acid groups (broad SMARTS) is 1. The van der Waals surface area contributed by atoms with Gasteiger partial charge in [-0.15, -0.1) is 0 Å². The maximum atomic E-state index is 13.4. The van der Waals surface area contributed by atoms with Gasteiger partial charge in [0.05, 0.1) is 16.8 Å². The lowest BCUT2D eigenvalue weighted by atomic mass is 9.90. The first kappa shape index (κ1) is 19.3. The molecule has 0 amide bonds. The number of nitrogens with zero attached hydrogens (tertiary/aromatic N) is 3. The molecule has 0 saturated carbocycles. The van der Waals surface area contributed by atoms with Crippen LogP contribution in [-0.2, 0) is 11.3 Å². The van der Waals surface area contributed by atoms with Crippen LogP contribution in [-0.4, -0.2) is 38.8 Å². The number of rotatable bonds is 5. The van der Waals surface area contributed by atoms with Gasteiger partial charge in [0.1, 0.15) is 5.82 Å². The summed E-state index contributed by atoms with van der Waals surface area (Å²) in [5, 5.41) is 14.3. The molecule has 150 valence electrons. The van der Waals surface area contributed by atoms with Gasteiger partial charge in [0.2, 0.25) is 0 Å². The van der Waals surface area contributed by atoms with Crippen LogP contribution >= 0.6 is 0 Å². The Hall–Kier alpha value is -2.99. The summed E-state index contributed by atoms with van der Waals surface area (Å²) < 4.78 is 15.2. The van der Waals surface area contributed by atoms with Gasteiger partial charge in [-0.3, -0.25) is 9.69 Å². The van der Waals surface area contributed by atoms with Crippen LogP contribution in [0, 0.1) is 18.2 Å². The normalized spacial score (nSPS) is 19.6. The van der Waals surface area contributed by atoms with E-state index in [9.17, 15) is 14.3 Å². The highest BCUT2D eigenvalue weighted by Crippen LogP contribution is 2.33. The van der Waals surface area contributed by atoms with E-state index >= 15 is 0 Å². The van der Waals surface area contributed by atoms with Gasteiger partial charge in [0, 0.05) is 30.4 Å². The van der Waals surface area contributed by atoms with Crippen molar-refractivity contribution in [2.45, 2.75) is 26.8 Å². The second-order valence-electron chi connectivity index (χ2n) is 8.12. The van der Waals surface area contributed by atoms with Gasteiger partial charge in [-0.05, 0) is 63.2 Å². The second kappa shape index (κ2) is 7.44. The van der Waals surface area contributed by atoms with E-state index in [1.807, 2.05) is 42.1 Å². The summed E-state index contributed by atoms with van der Waals surface area (Å²) in [6.45, 7) is 5.66. The standard InChI is InChI=1S/C23H24FN3O2/c1-16-3-9-20(10-4-16)27-14-18(13-26-12-11-23(2,15-26)22(28)29)21(25-27)17-5-7-19(24)8-6-17/h3-10,14H,11-13,15H2,1-2H3,(H,28,29). The van der Waals surface area contributed by atoms with Gasteiger partial charge in [-0.1, -0.05) is 17.7 Å². The molecular weight excluding hydrogens is 369 g/mol. The fourth-order valence-electron chi connectivity index (χ4n) is 3.81. The summed E-state index contributed by atoms with van der Waals surface area (Å²) >= 11 is 0. The smallest absolute Gasteiger partial charge is 0.310 e. The van der Waals surface area contributed by atoms with Crippen LogP contribution in [0.3, 0.4) is 0 Å². The van der Waals surface area contributed by atoms with Crippen LogP contribution in [0.4, 0.5) is 4.39 Å². The minimum absolute atomic E-state index is 0.287. The Bertz CT molecular complexity index is 1030. The maximum absolute atomic E-state index is 13.4. The third kappa shape index (κ3) is 3.93. The first-order valence-corrected chi connectivity index (χ1v) is 9.71. The molecule has 6 heteroatoms. The lowest BCUT2D eigenvalue weighted by Gasteiger charge is -2.20. The van der Waals surface area contributed by atoms with Crippen LogP contribution in [0.25, 0.3) is 16.9 Å². The molecule has 1 fully saturated rings. The van der Waals surface area contributed by atoms with Crippen molar-refractivity contribution in [3.63, 3.8) is 0 Å². The van der Waals surface area contributed by atoms with Gasteiger partial charge in [0.15, 0.2) is 0 Å². The molecule has 0 radical (unpaired) electrons. The Morgan fingerprint density at radius 3 is 2.48 bits per heavy atom. The molecule has 2 heterocycles. The second-order valence-corrected chi connectivity index (χ2v) is 8.12. The van der Waals surface area contributed by atoms with Crippen LogP contribution in [0.1, 0.15) is 24.5 Å². The zero-order valence-corrected chi connectivity index (χ0v) is 16.6. The van der Waals surface area contributed by atoms with E-state index in [-0.39, 0.29) is 5.82 Å². The van der Waals surface area contributed by atoms with Crippen molar-refractivity contribution in [1.82, 2.24) is 14.7 Å². The zero-order chi connectivity index (χ0) is 20.6. The molecule has 1 aliphatic heterocycles. The number of carboxylic acids is 1. The molecule has 1 aliphatic rings. The molecule has 29 heavy (non-hydrogen) atoms. The predicted octanol–water partition coefficient (Wildman–Crippen LogP) is 4.28. The molecule has 1 unspecified atom stereocenters. The van der Waals surface area contributed by atoms with E-state index < -0.39 is 11.4 Å². The molecule has 1 saturated heterocycles. The number of likely N-dealkylation sites (tertiary alicyclic amines) is 1. The first-order valence-electron chi connectivity index (χ1n) is 9.71. The number of carbonyl (C=O) groups is 1. The molecule has 4 rings (SSSR count). The van der Waals surface area contributed by atoms with Crippen molar-refractivity contribution < 1.29 is 14.3 Å². The van der Waals surface area contributed by atoms with Crippen LogP contribution < -0.4 is 0 Å². The SMILES string of the molecule is Cc1ccc(-n2cc(CN3CCC(C)(C(=O)O)C3)c(-c3ccc(F)cc3)n2)cc1. The van der Waals surface area contributed by atoms with Crippen LogP contribution in [0.5, 0.6) is 0 Å². The van der Waals surface area contributed by atoms with E-state index in [0.717, 1.165) is 29.1 Å². The summed E-state index contributed by atoms with van der Waals surface area (Å²) in [6.07, 6.45) is 2.61. The fraction of sp³-hybridized carbons (Fsp3) is 0.304. The molecule has 1 atom stereocenters. The molecule has 0 bridgehead atoms. The average molecular weight is 393 g/mol. The number of aromatic nitrogens is 2. The first-order chi connectivity index (χ1) is 13.8. The Balaban J connectivity index is 1.68. The van der Waals surface area contributed by atoms with Crippen LogP contribution in [0.15, 0.2) is 54.7 Å². The Kier molecular flexibility index (Phi) is 4.96. The number of hydrogen-bond donors (Lipinski definition) is 1. The topological polar surface area (TPSA) is 58.4 Å². The summed E-state index contributed by atoms with van der Waals surface area (Å²) in [4.78, 5) is 13.7. The van der Waals surface area contributed by atoms with Gasteiger partial charge in [0.25, 0.3) is 0 Å².